The summed E-state index contributed by atoms with van der Waals surface area (Å²) in [7, 11) is 0. The van der Waals surface area contributed by atoms with Crippen LogP contribution in [-0.2, 0) is 17.8 Å². The second-order valence-corrected chi connectivity index (χ2v) is 6.36. The van der Waals surface area contributed by atoms with Crippen LogP contribution in [0.15, 0.2) is 54.6 Å². The molecule has 0 saturated carbocycles. The molecule has 1 saturated heterocycles. The van der Waals surface area contributed by atoms with Gasteiger partial charge < -0.3 is 5.32 Å². The second kappa shape index (κ2) is 6.55. The Morgan fingerprint density at radius 1 is 1.00 bits per heavy atom. The van der Waals surface area contributed by atoms with Crippen molar-refractivity contribution in [1.29, 1.82) is 0 Å². The average molecular weight is 346 g/mol. The lowest BCUT2D eigenvalue weighted by Gasteiger charge is -2.13. The van der Waals surface area contributed by atoms with E-state index < -0.39 is 12.1 Å². The highest BCUT2D eigenvalue weighted by atomic mass is 16.2. The number of amides is 3. The number of rotatable bonds is 4. The normalized spacial score (nSPS) is 17.0. The summed E-state index contributed by atoms with van der Waals surface area (Å²) in [4.78, 5) is 35.1. The summed E-state index contributed by atoms with van der Waals surface area (Å²) in [5.41, 5.74) is 2.65. The van der Waals surface area contributed by atoms with Gasteiger partial charge >= 0.3 is 6.03 Å². The average Bonchev–Trinajstić information content (AvgIpc) is 2.90. The molecular weight excluding hydrogens is 328 g/mol. The summed E-state index contributed by atoms with van der Waals surface area (Å²) in [5.74, 6) is 0.221. The molecule has 0 spiro atoms. The quantitative estimate of drug-likeness (QED) is 0.737. The monoisotopic (exact) mass is 346 g/mol. The molecule has 2 aromatic carbocycles. The zero-order chi connectivity index (χ0) is 18.1. The maximum absolute atomic E-state index is 12.7. The summed E-state index contributed by atoms with van der Waals surface area (Å²) in [5, 5.41) is 3.72. The fourth-order valence-corrected chi connectivity index (χ4v) is 3.22. The molecule has 0 radical (unpaired) electrons. The molecule has 4 rings (SSSR count). The third kappa shape index (κ3) is 3.01. The van der Waals surface area contributed by atoms with Gasteiger partial charge in [-0.05, 0) is 18.6 Å². The largest absolute Gasteiger partial charge is 0.325 e. The number of para-hydroxylation sites is 1. The van der Waals surface area contributed by atoms with Gasteiger partial charge in [-0.25, -0.2) is 14.8 Å². The van der Waals surface area contributed by atoms with Gasteiger partial charge in [-0.15, -0.1) is 0 Å². The number of urea groups is 1. The minimum atomic E-state index is -0.550. The van der Waals surface area contributed by atoms with E-state index in [0.29, 0.717) is 12.2 Å². The van der Waals surface area contributed by atoms with E-state index in [9.17, 15) is 9.59 Å². The zero-order valence-electron chi connectivity index (χ0n) is 14.3. The van der Waals surface area contributed by atoms with Crippen LogP contribution in [0.5, 0.6) is 0 Å². The van der Waals surface area contributed by atoms with Gasteiger partial charge in [-0.3, -0.25) is 9.69 Å². The molecule has 1 aromatic heterocycles. The van der Waals surface area contributed by atoms with E-state index in [4.69, 9.17) is 0 Å². The van der Waals surface area contributed by atoms with E-state index >= 15 is 0 Å². The number of hydrogen-bond acceptors (Lipinski definition) is 4. The highest BCUT2D eigenvalue weighted by molar-refractivity contribution is 6.04. The van der Waals surface area contributed by atoms with Crippen LogP contribution in [0.4, 0.5) is 4.79 Å². The van der Waals surface area contributed by atoms with Gasteiger partial charge in [0.05, 0.1) is 12.1 Å². The Morgan fingerprint density at radius 2 is 1.73 bits per heavy atom. The highest BCUT2D eigenvalue weighted by Crippen LogP contribution is 2.18. The van der Waals surface area contributed by atoms with E-state index in [0.717, 1.165) is 22.2 Å². The van der Waals surface area contributed by atoms with E-state index in [1.165, 1.54) is 4.90 Å². The van der Waals surface area contributed by atoms with Gasteiger partial charge in [0.2, 0.25) is 0 Å². The maximum atomic E-state index is 12.7. The number of carbonyl (C=O) groups excluding carboxylic acids is 2. The first-order chi connectivity index (χ1) is 12.6. The first-order valence-corrected chi connectivity index (χ1v) is 8.50. The molecule has 1 N–H and O–H groups in total. The number of fused-ring (bicyclic) bond motifs is 1. The Bertz CT molecular complexity index is 988. The summed E-state index contributed by atoms with van der Waals surface area (Å²) in [6.07, 6.45) is 0.472. The van der Waals surface area contributed by atoms with Gasteiger partial charge in [-0.2, -0.15) is 0 Å². The predicted molar refractivity (Wildman–Crippen MR) is 97.3 cm³/mol. The van der Waals surface area contributed by atoms with Gasteiger partial charge in [0, 0.05) is 17.5 Å². The zero-order valence-corrected chi connectivity index (χ0v) is 14.3. The minimum Gasteiger partial charge on any atom is -0.325 e. The maximum Gasteiger partial charge on any atom is 0.325 e. The lowest BCUT2D eigenvalue weighted by molar-refractivity contribution is -0.127. The number of imide groups is 1. The summed E-state index contributed by atoms with van der Waals surface area (Å²) >= 11 is 0. The molecular formula is C20H18N4O2. The number of benzene rings is 2. The van der Waals surface area contributed by atoms with Crippen LogP contribution in [0.2, 0.25) is 0 Å². The topological polar surface area (TPSA) is 75.2 Å². The van der Waals surface area contributed by atoms with Crippen LogP contribution >= 0.6 is 0 Å². The van der Waals surface area contributed by atoms with Crippen molar-refractivity contribution >= 4 is 22.8 Å². The molecule has 3 amide bonds. The van der Waals surface area contributed by atoms with Crippen LogP contribution < -0.4 is 5.32 Å². The van der Waals surface area contributed by atoms with Crippen molar-refractivity contribution < 1.29 is 9.59 Å². The Kier molecular flexibility index (Phi) is 4.08. The molecule has 1 atom stereocenters. The van der Waals surface area contributed by atoms with E-state index in [1.807, 2.05) is 61.5 Å². The molecule has 0 bridgehead atoms. The molecule has 1 fully saturated rings. The minimum absolute atomic E-state index is 0.0711. The van der Waals surface area contributed by atoms with Crippen molar-refractivity contribution in [3.63, 3.8) is 0 Å². The molecule has 6 nitrogen and oxygen atoms in total. The fourth-order valence-electron chi connectivity index (χ4n) is 3.22. The van der Waals surface area contributed by atoms with Crippen LogP contribution in [-0.4, -0.2) is 32.8 Å². The third-order valence-electron chi connectivity index (χ3n) is 4.53. The second-order valence-electron chi connectivity index (χ2n) is 6.36. The number of nitrogens with zero attached hydrogens (tertiary/aromatic N) is 3. The van der Waals surface area contributed by atoms with Gasteiger partial charge in [-0.1, -0.05) is 48.5 Å². The molecule has 1 aliphatic rings. The third-order valence-corrected chi connectivity index (χ3v) is 4.53. The number of nitrogens with one attached hydrogen (secondary N) is 1. The lowest BCUT2D eigenvalue weighted by atomic mass is 10.1. The van der Waals surface area contributed by atoms with Crippen LogP contribution in [0.25, 0.3) is 10.9 Å². The molecule has 0 unspecified atom stereocenters. The molecule has 2 heterocycles. The number of aromatic nitrogens is 2. The molecule has 1 aliphatic heterocycles. The summed E-state index contributed by atoms with van der Waals surface area (Å²) in [6.45, 7) is 1.97. The van der Waals surface area contributed by atoms with E-state index in [2.05, 4.69) is 15.3 Å². The van der Waals surface area contributed by atoms with Crippen molar-refractivity contribution in [3.8, 4) is 0 Å². The van der Waals surface area contributed by atoms with Gasteiger partial charge in [0.25, 0.3) is 5.91 Å². The van der Waals surface area contributed by atoms with Crippen molar-refractivity contribution in [2.24, 2.45) is 0 Å². The van der Waals surface area contributed by atoms with E-state index in [1.54, 1.807) is 0 Å². The Morgan fingerprint density at radius 3 is 2.54 bits per heavy atom. The van der Waals surface area contributed by atoms with Crippen molar-refractivity contribution in [1.82, 2.24) is 20.2 Å². The number of hydrogen-bond donors (Lipinski definition) is 1. The number of aryl methyl sites for hydroxylation is 1. The molecule has 3 aromatic rings. The molecule has 26 heavy (non-hydrogen) atoms. The van der Waals surface area contributed by atoms with Crippen molar-refractivity contribution in [2.45, 2.75) is 25.9 Å². The Hall–Kier alpha value is -3.28. The van der Waals surface area contributed by atoms with Gasteiger partial charge in [0.1, 0.15) is 11.9 Å². The first-order valence-electron chi connectivity index (χ1n) is 8.50. The van der Waals surface area contributed by atoms with Crippen molar-refractivity contribution in [3.05, 3.63) is 71.7 Å². The van der Waals surface area contributed by atoms with Crippen molar-refractivity contribution in [2.75, 3.05) is 0 Å². The van der Waals surface area contributed by atoms with Crippen LogP contribution in [0, 0.1) is 6.92 Å². The van der Waals surface area contributed by atoms with Gasteiger partial charge in [0.15, 0.2) is 0 Å². The number of carbonyl (C=O) groups is 2. The first kappa shape index (κ1) is 16.2. The smallest absolute Gasteiger partial charge is 0.325 e. The van der Waals surface area contributed by atoms with E-state index in [-0.39, 0.29) is 12.5 Å². The highest BCUT2D eigenvalue weighted by Gasteiger charge is 2.38. The van der Waals surface area contributed by atoms with Crippen LogP contribution in [0.1, 0.15) is 17.1 Å². The molecule has 6 heteroatoms. The fraction of sp³-hybridized carbons (Fsp3) is 0.200. The summed E-state index contributed by atoms with van der Waals surface area (Å²) in [6, 6.07) is 16.4. The van der Waals surface area contributed by atoms with Crippen LogP contribution in [0.3, 0.4) is 0 Å². The molecule has 0 aliphatic carbocycles. The Balaban J connectivity index is 1.55. The lowest BCUT2D eigenvalue weighted by Crippen LogP contribution is -2.32. The SMILES string of the molecule is Cc1nc(CN2C(=O)N[C@@H](Cc3ccccc3)C2=O)nc2ccccc12. The predicted octanol–water partition coefficient (Wildman–Crippen LogP) is 2.60. The summed E-state index contributed by atoms with van der Waals surface area (Å²) < 4.78 is 0. The standard InChI is InChI=1S/C20H18N4O2/c1-13-15-9-5-6-10-16(15)22-18(21-13)12-24-19(25)17(23-20(24)26)11-14-7-3-2-4-8-14/h2-10,17H,11-12H2,1H3,(H,23,26)/t17-/m0/s1. The Labute approximate surface area is 150 Å². The molecule has 130 valence electrons.